The normalized spacial score (nSPS) is 11.4. The topological polar surface area (TPSA) is 114 Å². The van der Waals surface area contributed by atoms with E-state index in [-0.39, 0.29) is 11.4 Å². The van der Waals surface area contributed by atoms with Gasteiger partial charge in [0.25, 0.3) is 5.91 Å². The summed E-state index contributed by atoms with van der Waals surface area (Å²) in [4.78, 5) is 12.1. The number of nitrogens with zero attached hydrogens (tertiary/aromatic N) is 1. The molecule has 0 bridgehead atoms. The summed E-state index contributed by atoms with van der Waals surface area (Å²) in [6.45, 7) is 1.75. The lowest BCUT2D eigenvalue weighted by Gasteiger charge is -2.06. The molecule has 0 spiro atoms. The average Bonchev–Trinajstić information content (AvgIpc) is 3.25. The lowest BCUT2D eigenvalue weighted by molar-refractivity contribution is 0.102. The first-order valence-electron chi connectivity index (χ1n) is 7.31. The minimum absolute atomic E-state index is 0.0447. The molecule has 0 unspecified atom stereocenters. The molecule has 3 rings (SSSR count). The monoisotopic (exact) mass is 361 g/mol. The number of carbonyl (C=O) groups excluding carboxylic acids is 1. The van der Waals surface area contributed by atoms with E-state index >= 15 is 0 Å². The Balaban J connectivity index is 1.67. The number of hydrogen-bond donors (Lipinski definition) is 2. The number of carbonyl (C=O) groups is 1. The van der Waals surface area contributed by atoms with Gasteiger partial charge in [-0.05, 0) is 43.3 Å². The quantitative estimate of drug-likeness (QED) is 0.696. The predicted octanol–water partition coefficient (Wildman–Crippen LogP) is 2.31. The van der Waals surface area contributed by atoms with E-state index in [1.165, 1.54) is 30.5 Å². The zero-order valence-electron chi connectivity index (χ0n) is 13.2. The molecule has 0 fully saturated rings. The van der Waals surface area contributed by atoms with Gasteiger partial charge in [0.2, 0.25) is 10.0 Å². The van der Waals surface area contributed by atoms with Gasteiger partial charge in [0.1, 0.15) is 11.5 Å². The van der Waals surface area contributed by atoms with E-state index < -0.39 is 15.9 Å². The van der Waals surface area contributed by atoms with Crippen molar-refractivity contribution in [2.75, 3.05) is 5.32 Å². The van der Waals surface area contributed by atoms with Crippen molar-refractivity contribution < 1.29 is 22.2 Å². The summed E-state index contributed by atoms with van der Waals surface area (Å²) in [5.41, 5.74) is 0.297. The third-order valence-corrected chi connectivity index (χ3v) is 4.73. The molecule has 0 saturated heterocycles. The number of rotatable bonds is 6. The highest BCUT2D eigenvalue weighted by Gasteiger charge is 2.16. The number of sulfonamides is 1. The number of anilines is 1. The Hall–Kier alpha value is -2.91. The minimum Gasteiger partial charge on any atom is -0.468 e. The minimum atomic E-state index is -3.70. The molecule has 0 radical (unpaired) electrons. The SMILES string of the molecule is Cc1cc(NC(=O)c2ccc(S(=O)(=O)NCc3ccco3)cc2)no1. The van der Waals surface area contributed by atoms with Crippen LogP contribution in [0.25, 0.3) is 0 Å². The Morgan fingerprint density at radius 3 is 2.56 bits per heavy atom. The summed E-state index contributed by atoms with van der Waals surface area (Å²) in [5, 5.41) is 6.22. The second kappa shape index (κ2) is 6.91. The highest BCUT2D eigenvalue weighted by Crippen LogP contribution is 2.14. The summed E-state index contributed by atoms with van der Waals surface area (Å²) >= 11 is 0. The molecule has 3 aromatic rings. The van der Waals surface area contributed by atoms with E-state index in [4.69, 9.17) is 8.94 Å². The molecule has 0 aliphatic heterocycles. The molecule has 0 saturated carbocycles. The number of aromatic nitrogens is 1. The van der Waals surface area contributed by atoms with Crippen LogP contribution in [0.2, 0.25) is 0 Å². The lowest BCUT2D eigenvalue weighted by Crippen LogP contribution is -2.23. The van der Waals surface area contributed by atoms with Gasteiger partial charge in [0.05, 0.1) is 17.7 Å². The van der Waals surface area contributed by atoms with Crippen LogP contribution in [0.5, 0.6) is 0 Å². The van der Waals surface area contributed by atoms with Crippen LogP contribution in [0.3, 0.4) is 0 Å². The van der Waals surface area contributed by atoms with Crippen molar-refractivity contribution in [3.05, 3.63) is 65.8 Å². The second-order valence-corrected chi connectivity index (χ2v) is 6.97. The predicted molar refractivity (Wildman–Crippen MR) is 88.4 cm³/mol. The number of amides is 1. The van der Waals surface area contributed by atoms with Crippen molar-refractivity contribution in [1.29, 1.82) is 0 Å². The highest BCUT2D eigenvalue weighted by atomic mass is 32.2. The Kier molecular flexibility index (Phi) is 4.68. The maximum atomic E-state index is 12.2. The highest BCUT2D eigenvalue weighted by molar-refractivity contribution is 7.89. The first-order valence-corrected chi connectivity index (χ1v) is 8.79. The lowest BCUT2D eigenvalue weighted by atomic mass is 10.2. The van der Waals surface area contributed by atoms with Gasteiger partial charge in [-0.15, -0.1) is 0 Å². The summed E-state index contributed by atoms with van der Waals surface area (Å²) < 4.78 is 36.8. The van der Waals surface area contributed by atoms with Gasteiger partial charge >= 0.3 is 0 Å². The molecule has 2 N–H and O–H groups in total. The second-order valence-electron chi connectivity index (χ2n) is 5.21. The summed E-state index contributed by atoms with van der Waals surface area (Å²) in [6, 6.07) is 10.5. The number of hydrogen-bond acceptors (Lipinski definition) is 6. The summed E-state index contributed by atoms with van der Waals surface area (Å²) in [6.07, 6.45) is 1.47. The van der Waals surface area contributed by atoms with E-state index in [1.54, 1.807) is 25.1 Å². The zero-order chi connectivity index (χ0) is 17.9. The number of furan rings is 1. The van der Waals surface area contributed by atoms with Crippen molar-refractivity contribution >= 4 is 21.7 Å². The Bertz CT molecular complexity index is 960. The number of aryl methyl sites for hydroxylation is 1. The van der Waals surface area contributed by atoms with Crippen LogP contribution in [0, 0.1) is 6.92 Å². The molecule has 9 heteroatoms. The third kappa shape index (κ3) is 4.14. The van der Waals surface area contributed by atoms with Crippen molar-refractivity contribution in [1.82, 2.24) is 9.88 Å². The van der Waals surface area contributed by atoms with Gasteiger partial charge < -0.3 is 14.3 Å². The molecule has 130 valence electrons. The molecule has 2 heterocycles. The van der Waals surface area contributed by atoms with E-state index in [9.17, 15) is 13.2 Å². The van der Waals surface area contributed by atoms with Crippen LogP contribution in [-0.4, -0.2) is 19.5 Å². The molecule has 1 aromatic carbocycles. The summed E-state index contributed by atoms with van der Waals surface area (Å²) in [5.74, 6) is 0.946. The fourth-order valence-corrected chi connectivity index (χ4v) is 3.06. The van der Waals surface area contributed by atoms with Crippen molar-refractivity contribution in [2.45, 2.75) is 18.4 Å². The van der Waals surface area contributed by atoms with Gasteiger partial charge in [-0.25, -0.2) is 13.1 Å². The standard InChI is InChI=1S/C16H15N3O5S/c1-11-9-15(19-24-11)18-16(20)12-4-6-14(7-5-12)25(21,22)17-10-13-3-2-8-23-13/h2-9,17H,10H2,1H3,(H,18,19,20). The summed E-state index contributed by atoms with van der Waals surface area (Å²) in [7, 11) is -3.70. The molecule has 0 atom stereocenters. The van der Waals surface area contributed by atoms with Gasteiger partial charge in [-0.1, -0.05) is 5.16 Å². The van der Waals surface area contributed by atoms with Crippen LogP contribution in [0.4, 0.5) is 5.82 Å². The van der Waals surface area contributed by atoms with E-state index in [0.29, 0.717) is 22.9 Å². The largest absolute Gasteiger partial charge is 0.468 e. The smallest absolute Gasteiger partial charge is 0.256 e. The maximum Gasteiger partial charge on any atom is 0.256 e. The first-order chi connectivity index (χ1) is 11.9. The van der Waals surface area contributed by atoms with E-state index in [2.05, 4.69) is 15.2 Å². The molecule has 0 aliphatic rings. The first kappa shape index (κ1) is 16.9. The van der Waals surface area contributed by atoms with Gasteiger partial charge in [0.15, 0.2) is 5.82 Å². The van der Waals surface area contributed by atoms with Gasteiger partial charge in [-0.3, -0.25) is 4.79 Å². The Labute approximate surface area is 143 Å². The van der Waals surface area contributed by atoms with Crippen molar-refractivity contribution in [2.24, 2.45) is 0 Å². The van der Waals surface area contributed by atoms with Crippen LogP contribution in [-0.2, 0) is 16.6 Å². The van der Waals surface area contributed by atoms with E-state index in [1.807, 2.05) is 0 Å². The molecule has 25 heavy (non-hydrogen) atoms. The zero-order valence-corrected chi connectivity index (χ0v) is 14.0. The Morgan fingerprint density at radius 2 is 1.96 bits per heavy atom. The molecular formula is C16H15N3O5S. The van der Waals surface area contributed by atoms with Gasteiger partial charge in [-0.2, -0.15) is 0 Å². The molecular weight excluding hydrogens is 346 g/mol. The van der Waals surface area contributed by atoms with Crippen LogP contribution >= 0.6 is 0 Å². The fourth-order valence-electron chi connectivity index (χ4n) is 2.06. The van der Waals surface area contributed by atoms with Crippen LogP contribution < -0.4 is 10.0 Å². The Morgan fingerprint density at radius 1 is 1.20 bits per heavy atom. The molecule has 8 nitrogen and oxygen atoms in total. The third-order valence-electron chi connectivity index (χ3n) is 3.31. The van der Waals surface area contributed by atoms with Crippen molar-refractivity contribution in [3.63, 3.8) is 0 Å². The van der Waals surface area contributed by atoms with Crippen molar-refractivity contribution in [3.8, 4) is 0 Å². The molecule has 2 aromatic heterocycles. The molecule has 1 amide bonds. The average molecular weight is 361 g/mol. The number of nitrogens with one attached hydrogen (secondary N) is 2. The van der Waals surface area contributed by atoms with Crippen LogP contribution in [0.1, 0.15) is 21.9 Å². The number of benzene rings is 1. The maximum absolute atomic E-state index is 12.2. The fraction of sp³-hybridized carbons (Fsp3) is 0.125. The van der Waals surface area contributed by atoms with E-state index in [0.717, 1.165) is 0 Å². The van der Waals surface area contributed by atoms with Crippen LogP contribution in [0.15, 0.2) is 62.6 Å². The molecule has 0 aliphatic carbocycles. The van der Waals surface area contributed by atoms with Gasteiger partial charge in [0, 0.05) is 11.6 Å².